The Morgan fingerprint density at radius 1 is 1.48 bits per heavy atom. The lowest BCUT2D eigenvalue weighted by Crippen LogP contribution is -2.58. The lowest BCUT2D eigenvalue weighted by Gasteiger charge is -2.30. The van der Waals surface area contributed by atoms with E-state index >= 15 is 0 Å². The number of rotatable bonds is 3. The molecule has 0 bridgehead atoms. The predicted octanol–water partition coefficient (Wildman–Crippen LogP) is -0.137. The van der Waals surface area contributed by atoms with E-state index in [-0.39, 0.29) is 19.0 Å². The fourth-order valence-corrected chi connectivity index (χ4v) is 2.19. The molecule has 3 amide bonds. The predicted molar refractivity (Wildman–Crippen MR) is 78.4 cm³/mol. The minimum atomic E-state index is -0.525. The summed E-state index contributed by atoms with van der Waals surface area (Å²) in [6, 6.07) is 4.81. The lowest BCUT2D eigenvalue weighted by molar-refractivity contribution is -0.140. The van der Waals surface area contributed by atoms with Crippen LogP contribution in [0.25, 0.3) is 0 Å². The van der Waals surface area contributed by atoms with Crippen molar-refractivity contribution in [3.05, 3.63) is 23.8 Å². The van der Waals surface area contributed by atoms with E-state index in [0.717, 1.165) is 5.56 Å². The maximum absolute atomic E-state index is 12.1. The van der Waals surface area contributed by atoms with Crippen LogP contribution in [0.15, 0.2) is 18.2 Å². The number of nitrogens with two attached hydrogens (primary N) is 1. The number of piperazine rings is 1. The van der Waals surface area contributed by atoms with Crippen molar-refractivity contribution in [2.45, 2.75) is 19.9 Å². The Bertz CT molecular complexity index is 580. The first-order valence-corrected chi connectivity index (χ1v) is 6.61. The van der Waals surface area contributed by atoms with Crippen LogP contribution < -0.4 is 16.4 Å². The van der Waals surface area contributed by atoms with Gasteiger partial charge in [-0.15, -0.1) is 0 Å². The van der Waals surface area contributed by atoms with Gasteiger partial charge >= 0.3 is 0 Å². The van der Waals surface area contributed by atoms with Gasteiger partial charge in [0.05, 0.1) is 30.5 Å². The number of aryl methyl sites for hydroxylation is 1. The number of amides is 3. The van der Waals surface area contributed by atoms with Crippen LogP contribution in [-0.2, 0) is 14.4 Å². The summed E-state index contributed by atoms with van der Waals surface area (Å²) in [5.74, 6) is -1.11. The second-order valence-corrected chi connectivity index (χ2v) is 5.08. The Balaban J connectivity index is 2.05. The van der Waals surface area contributed by atoms with E-state index in [1.165, 1.54) is 4.90 Å². The SMILES string of the molecule is Cc1cccc(N)c1NC(=O)CN1CC(=O)NC(=O)C1C. The molecule has 1 aliphatic rings. The third kappa shape index (κ3) is 3.38. The molecule has 2 rings (SSSR count). The molecule has 7 nitrogen and oxygen atoms in total. The molecule has 0 aliphatic carbocycles. The molecule has 0 radical (unpaired) electrons. The number of nitrogens with zero attached hydrogens (tertiary/aromatic N) is 1. The third-order valence-electron chi connectivity index (χ3n) is 3.45. The molecule has 1 saturated heterocycles. The number of nitrogens with one attached hydrogen (secondary N) is 2. The number of nitrogen functional groups attached to an aromatic ring is 1. The highest BCUT2D eigenvalue weighted by atomic mass is 16.2. The number of para-hydroxylation sites is 1. The molecule has 0 spiro atoms. The summed E-state index contributed by atoms with van der Waals surface area (Å²) in [6.07, 6.45) is 0. The molecule has 4 N–H and O–H groups in total. The number of anilines is 2. The van der Waals surface area contributed by atoms with Gasteiger partial charge in [0.1, 0.15) is 0 Å². The minimum Gasteiger partial charge on any atom is -0.397 e. The van der Waals surface area contributed by atoms with Crippen LogP contribution in [0, 0.1) is 6.92 Å². The van der Waals surface area contributed by atoms with Crippen molar-refractivity contribution in [3.63, 3.8) is 0 Å². The molecule has 1 atom stereocenters. The van der Waals surface area contributed by atoms with Crippen LogP contribution in [-0.4, -0.2) is 41.8 Å². The van der Waals surface area contributed by atoms with Crippen LogP contribution in [0.2, 0.25) is 0 Å². The third-order valence-corrected chi connectivity index (χ3v) is 3.45. The van der Waals surface area contributed by atoms with Crippen LogP contribution in [0.3, 0.4) is 0 Å². The Hall–Kier alpha value is -2.41. The van der Waals surface area contributed by atoms with Crippen molar-refractivity contribution in [3.8, 4) is 0 Å². The van der Waals surface area contributed by atoms with E-state index in [0.29, 0.717) is 11.4 Å². The van der Waals surface area contributed by atoms with Gasteiger partial charge in [-0.2, -0.15) is 0 Å². The van der Waals surface area contributed by atoms with E-state index in [2.05, 4.69) is 10.6 Å². The van der Waals surface area contributed by atoms with Gasteiger partial charge < -0.3 is 11.1 Å². The summed E-state index contributed by atoms with van der Waals surface area (Å²) >= 11 is 0. The van der Waals surface area contributed by atoms with Gasteiger partial charge in [-0.25, -0.2) is 0 Å². The van der Waals surface area contributed by atoms with E-state index in [1.54, 1.807) is 19.1 Å². The highest BCUT2D eigenvalue weighted by Crippen LogP contribution is 2.22. The topological polar surface area (TPSA) is 105 Å². The second kappa shape index (κ2) is 5.92. The zero-order valence-corrected chi connectivity index (χ0v) is 12.0. The van der Waals surface area contributed by atoms with Crippen molar-refractivity contribution < 1.29 is 14.4 Å². The lowest BCUT2D eigenvalue weighted by atomic mass is 10.1. The molecule has 1 aromatic rings. The second-order valence-electron chi connectivity index (χ2n) is 5.08. The Labute approximate surface area is 122 Å². The monoisotopic (exact) mass is 290 g/mol. The molecule has 0 saturated carbocycles. The molecule has 7 heteroatoms. The maximum atomic E-state index is 12.1. The summed E-state index contributed by atoms with van der Waals surface area (Å²) in [5.41, 5.74) is 7.71. The largest absolute Gasteiger partial charge is 0.397 e. The van der Waals surface area contributed by atoms with Gasteiger partial charge in [0, 0.05) is 0 Å². The fraction of sp³-hybridized carbons (Fsp3) is 0.357. The van der Waals surface area contributed by atoms with E-state index in [9.17, 15) is 14.4 Å². The molecule has 1 heterocycles. The zero-order chi connectivity index (χ0) is 15.6. The van der Waals surface area contributed by atoms with Crippen molar-refractivity contribution in [2.24, 2.45) is 0 Å². The molecular weight excluding hydrogens is 272 g/mol. The van der Waals surface area contributed by atoms with Gasteiger partial charge in [0.2, 0.25) is 17.7 Å². The van der Waals surface area contributed by atoms with Crippen LogP contribution in [0.4, 0.5) is 11.4 Å². The van der Waals surface area contributed by atoms with Crippen LogP contribution >= 0.6 is 0 Å². The standard InChI is InChI=1S/C14H18N4O3/c1-8-4-3-5-10(15)13(8)16-11(19)6-18-7-12(20)17-14(21)9(18)2/h3-5,9H,6-7,15H2,1-2H3,(H,16,19)(H,17,20,21). The highest BCUT2D eigenvalue weighted by molar-refractivity contribution is 6.02. The normalized spacial score (nSPS) is 19.2. The highest BCUT2D eigenvalue weighted by Gasteiger charge is 2.31. The average molecular weight is 290 g/mol. The van der Waals surface area contributed by atoms with E-state index in [4.69, 9.17) is 5.73 Å². The van der Waals surface area contributed by atoms with Gasteiger partial charge in [0.25, 0.3) is 0 Å². The number of hydrogen-bond acceptors (Lipinski definition) is 5. The first kappa shape index (κ1) is 15.0. The van der Waals surface area contributed by atoms with Crippen LogP contribution in [0.1, 0.15) is 12.5 Å². The van der Waals surface area contributed by atoms with Crippen molar-refractivity contribution in [2.75, 3.05) is 24.1 Å². The molecule has 0 aromatic heterocycles. The minimum absolute atomic E-state index is 0.0174. The summed E-state index contributed by atoms with van der Waals surface area (Å²) in [5, 5.41) is 4.96. The molecule has 112 valence electrons. The zero-order valence-electron chi connectivity index (χ0n) is 12.0. The Morgan fingerprint density at radius 2 is 2.19 bits per heavy atom. The Kier molecular flexibility index (Phi) is 4.23. The quantitative estimate of drug-likeness (QED) is 0.531. The Morgan fingerprint density at radius 3 is 2.86 bits per heavy atom. The smallest absolute Gasteiger partial charge is 0.243 e. The van der Waals surface area contributed by atoms with Gasteiger partial charge in [-0.3, -0.25) is 24.6 Å². The average Bonchev–Trinajstić information content (AvgIpc) is 2.40. The number of carbonyl (C=O) groups is 3. The molecule has 21 heavy (non-hydrogen) atoms. The number of imide groups is 1. The molecule has 1 fully saturated rings. The van der Waals surface area contributed by atoms with E-state index < -0.39 is 17.9 Å². The fourth-order valence-electron chi connectivity index (χ4n) is 2.19. The number of benzene rings is 1. The summed E-state index contributed by atoms with van der Waals surface area (Å²) in [7, 11) is 0. The van der Waals surface area contributed by atoms with Gasteiger partial charge in [0.15, 0.2) is 0 Å². The first-order chi connectivity index (χ1) is 9.88. The van der Waals surface area contributed by atoms with Crippen molar-refractivity contribution in [1.29, 1.82) is 0 Å². The summed E-state index contributed by atoms with van der Waals surface area (Å²) in [4.78, 5) is 36.5. The van der Waals surface area contributed by atoms with Crippen molar-refractivity contribution in [1.82, 2.24) is 10.2 Å². The summed E-state index contributed by atoms with van der Waals surface area (Å²) in [6.45, 7) is 3.46. The molecule has 1 aliphatic heterocycles. The molecule has 1 unspecified atom stereocenters. The van der Waals surface area contributed by atoms with Crippen molar-refractivity contribution >= 4 is 29.1 Å². The first-order valence-electron chi connectivity index (χ1n) is 6.61. The number of carbonyl (C=O) groups excluding carboxylic acids is 3. The summed E-state index contributed by atoms with van der Waals surface area (Å²) < 4.78 is 0. The van der Waals surface area contributed by atoms with Gasteiger partial charge in [-0.05, 0) is 25.5 Å². The maximum Gasteiger partial charge on any atom is 0.243 e. The number of hydrogen-bond donors (Lipinski definition) is 3. The van der Waals surface area contributed by atoms with Gasteiger partial charge in [-0.1, -0.05) is 12.1 Å². The molecule has 1 aromatic carbocycles. The molecular formula is C14H18N4O3. The van der Waals surface area contributed by atoms with E-state index in [1.807, 2.05) is 13.0 Å². The van der Waals surface area contributed by atoms with Crippen LogP contribution in [0.5, 0.6) is 0 Å².